The lowest BCUT2D eigenvalue weighted by Crippen LogP contribution is -2.31. The second-order valence-corrected chi connectivity index (χ2v) is 9.12. The van der Waals surface area contributed by atoms with E-state index >= 15 is 0 Å². The molecule has 2 rings (SSSR count). The average molecular weight is 426 g/mol. The molecule has 3 nitrogen and oxygen atoms in total. The summed E-state index contributed by atoms with van der Waals surface area (Å²) in [6.07, 6.45) is 0. The van der Waals surface area contributed by atoms with Gasteiger partial charge < -0.3 is 10.1 Å². The number of hydrogen-bond donors (Lipinski definition) is 1. The van der Waals surface area contributed by atoms with Crippen molar-refractivity contribution in [3.8, 4) is 5.75 Å². The van der Waals surface area contributed by atoms with Gasteiger partial charge in [-0.25, -0.2) is 0 Å². The van der Waals surface area contributed by atoms with Crippen LogP contribution in [0.4, 0.5) is 0 Å². The molecule has 0 radical (unpaired) electrons. The molecule has 0 aliphatic rings. The van der Waals surface area contributed by atoms with E-state index in [0.29, 0.717) is 16.6 Å². The first-order valence-corrected chi connectivity index (χ1v) is 10.7. The number of rotatable bonds is 8. The Morgan fingerprint density at radius 1 is 1.15 bits per heavy atom. The summed E-state index contributed by atoms with van der Waals surface area (Å²) in [5, 5.41) is 4.19. The van der Waals surface area contributed by atoms with Crippen LogP contribution in [0, 0.1) is 0 Å². The van der Waals surface area contributed by atoms with Gasteiger partial charge >= 0.3 is 0 Å². The fourth-order valence-corrected chi connectivity index (χ4v) is 3.91. The van der Waals surface area contributed by atoms with Gasteiger partial charge in [0.25, 0.3) is 5.91 Å². The SMILES string of the molecule is CC(C)(C)c1ccccc1OCC(=O)NCCSCc1ccc(Cl)cc1Cl. The summed E-state index contributed by atoms with van der Waals surface area (Å²) in [5.74, 6) is 2.21. The minimum absolute atomic E-state index is 0.0147. The van der Waals surface area contributed by atoms with Crippen LogP contribution >= 0.6 is 35.0 Å². The van der Waals surface area contributed by atoms with Gasteiger partial charge in [-0.3, -0.25) is 4.79 Å². The first-order chi connectivity index (χ1) is 12.8. The minimum atomic E-state index is -0.121. The molecule has 0 unspecified atom stereocenters. The van der Waals surface area contributed by atoms with Gasteiger partial charge in [0.15, 0.2) is 6.61 Å². The van der Waals surface area contributed by atoms with Gasteiger partial charge in [0.05, 0.1) is 0 Å². The number of ether oxygens (including phenoxy) is 1. The molecule has 0 aromatic heterocycles. The van der Waals surface area contributed by atoms with Crippen LogP contribution in [-0.2, 0) is 16.0 Å². The molecule has 0 aliphatic heterocycles. The number of thioether (sulfide) groups is 1. The second-order valence-electron chi connectivity index (χ2n) is 7.17. The molecule has 27 heavy (non-hydrogen) atoms. The molecule has 1 N–H and O–H groups in total. The van der Waals surface area contributed by atoms with Crippen molar-refractivity contribution in [2.24, 2.45) is 0 Å². The monoisotopic (exact) mass is 425 g/mol. The number of para-hydroxylation sites is 1. The van der Waals surface area contributed by atoms with Crippen molar-refractivity contribution in [1.29, 1.82) is 0 Å². The summed E-state index contributed by atoms with van der Waals surface area (Å²) in [7, 11) is 0. The molecule has 2 aromatic rings. The maximum absolute atomic E-state index is 12.0. The molecule has 0 aliphatic carbocycles. The van der Waals surface area contributed by atoms with Crippen LogP contribution < -0.4 is 10.1 Å². The number of nitrogens with one attached hydrogen (secondary N) is 1. The lowest BCUT2D eigenvalue weighted by atomic mass is 9.86. The van der Waals surface area contributed by atoms with Crippen molar-refractivity contribution in [1.82, 2.24) is 5.32 Å². The van der Waals surface area contributed by atoms with Gasteiger partial charge in [0, 0.05) is 28.1 Å². The topological polar surface area (TPSA) is 38.3 Å². The van der Waals surface area contributed by atoms with Crippen molar-refractivity contribution in [3.63, 3.8) is 0 Å². The van der Waals surface area contributed by atoms with E-state index in [1.807, 2.05) is 36.4 Å². The molecule has 0 saturated carbocycles. The highest BCUT2D eigenvalue weighted by atomic mass is 35.5. The van der Waals surface area contributed by atoms with Crippen molar-refractivity contribution >= 4 is 40.9 Å². The van der Waals surface area contributed by atoms with Crippen molar-refractivity contribution in [3.05, 3.63) is 63.6 Å². The first kappa shape index (κ1) is 21.9. The summed E-state index contributed by atoms with van der Waals surface area (Å²) in [4.78, 5) is 12.0. The van der Waals surface area contributed by atoms with E-state index in [4.69, 9.17) is 27.9 Å². The molecule has 2 aromatic carbocycles. The zero-order valence-corrected chi connectivity index (χ0v) is 18.2. The van der Waals surface area contributed by atoms with Gasteiger partial charge in [-0.2, -0.15) is 11.8 Å². The minimum Gasteiger partial charge on any atom is -0.483 e. The number of carbonyl (C=O) groups is 1. The maximum Gasteiger partial charge on any atom is 0.257 e. The van der Waals surface area contributed by atoms with Crippen LogP contribution in [-0.4, -0.2) is 24.8 Å². The fourth-order valence-electron chi connectivity index (χ4n) is 2.49. The summed E-state index contributed by atoms with van der Waals surface area (Å²) < 4.78 is 5.73. The predicted octanol–water partition coefficient (Wildman–Crippen LogP) is 5.72. The lowest BCUT2D eigenvalue weighted by Gasteiger charge is -2.22. The molecule has 0 fully saturated rings. The van der Waals surface area contributed by atoms with Crippen LogP contribution in [0.25, 0.3) is 0 Å². The first-order valence-electron chi connectivity index (χ1n) is 8.78. The molecule has 146 valence electrons. The van der Waals surface area contributed by atoms with Crippen molar-refractivity contribution in [2.75, 3.05) is 18.9 Å². The number of benzene rings is 2. The zero-order chi connectivity index (χ0) is 19.9. The Balaban J connectivity index is 1.70. The van der Waals surface area contributed by atoms with Crippen molar-refractivity contribution < 1.29 is 9.53 Å². The average Bonchev–Trinajstić information content (AvgIpc) is 2.61. The Labute approximate surface area is 175 Å². The molecule has 0 atom stereocenters. The van der Waals surface area contributed by atoms with E-state index in [9.17, 15) is 4.79 Å². The van der Waals surface area contributed by atoms with E-state index in [1.165, 1.54) is 0 Å². The van der Waals surface area contributed by atoms with E-state index < -0.39 is 0 Å². The van der Waals surface area contributed by atoms with Crippen LogP contribution in [0.2, 0.25) is 10.0 Å². The Bertz CT molecular complexity index is 775. The largest absolute Gasteiger partial charge is 0.483 e. The van der Waals surface area contributed by atoms with Gasteiger partial charge in [-0.05, 0) is 34.7 Å². The van der Waals surface area contributed by atoms with Gasteiger partial charge in [0.1, 0.15) is 5.75 Å². The Hall–Kier alpha value is -1.36. The van der Waals surface area contributed by atoms with E-state index in [0.717, 1.165) is 28.4 Å². The Morgan fingerprint density at radius 2 is 1.89 bits per heavy atom. The highest BCUT2D eigenvalue weighted by Crippen LogP contribution is 2.30. The quantitative estimate of drug-likeness (QED) is 0.549. The van der Waals surface area contributed by atoms with Crippen LogP contribution in [0.3, 0.4) is 0 Å². The molecule has 0 bridgehead atoms. The third-order valence-electron chi connectivity index (χ3n) is 3.90. The highest BCUT2D eigenvalue weighted by Gasteiger charge is 2.18. The molecular weight excluding hydrogens is 401 g/mol. The number of amides is 1. The summed E-state index contributed by atoms with van der Waals surface area (Å²) >= 11 is 13.8. The number of halogens is 2. The lowest BCUT2D eigenvalue weighted by molar-refractivity contribution is -0.122. The summed E-state index contributed by atoms with van der Waals surface area (Å²) in [6.45, 7) is 6.97. The maximum atomic E-state index is 12.0. The van der Waals surface area contributed by atoms with E-state index in [-0.39, 0.29) is 17.9 Å². The van der Waals surface area contributed by atoms with Crippen LogP contribution in [0.5, 0.6) is 5.75 Å². The normalized spacial score (nSPS) is 11.3. The molecule has 0 saturated heterocycles. The predicted molar refractivity (Wildman–Crippen MR) is 116 cm³/mol. The summed E-state index contributed by atoms with van der Waals surface area (Å²) in [6, 6.07) is 13.3. The van der Waals surface area contributed by atoms with E-state index in [1.54, 1.807) is 17.8 Å². The fraction of sp³-hybridized carbons (Fsp3) is 0.381. The third-order valence-corrected chi connectivity index (χ3v) is 5.49. The Kier molecular flexibility index (Phi) is 8.33. The van der Waals surface area contributed by atoms with Gasteiger partial charge in [-0.1, -0.05) is 68.2 Å². The van der Waals surface area contributed by atoms with E-state index in [2.05, 4.69) is 26.1 Å². The number of carbonyl (C=O) groups excluding carboxylic acids is 1. The Morgan fingerprint density at radius 3 is 2.59 bits per heavy atom. The third kappa shape index (κ3) is 7.28. The van der Waals surface area contributed by atoms with Gasteiger partial charge in [0.2, 0.25) is 0 Å². The van der Waals surface area contributed by atoms with Crippen molar-refractivity contribution in [2.45, 2.75) is 31.9 Å². The molecule has 0 spiro atoms. The number of hydrogen-bond acceptors (Lipinski definition) is 3. The van der Waals surface area contributed by atoms with Crippen LogP contribution in [0.1, 0.15) is 31.9 Å². The molecule has 6 heteroatoms. The molecule has 1 amide bonds. The highest BCUT2D eigenvalue weighted by molar-refractivity contribution is 7.98. The molecular formula is C21H25Cl2NO2S. The summed E-state index contributed by atoms with van der Waals surface area (Å²) in [5.41, 5.74) is 2.10. The van der Waals surface area contributed by atoms with Crippen LogP contribution in [0.15, 0.2) is 42.5 Å². The zero-order valence-electron chi connectivity index (χ0n) is 15.9. The second kappa shape index (κ2) is 10.3. The molecule has 0 heterocycles. The standard InChI is InChI=1S/C21H25Cl2NO2S/c1-21(2,3)17-6-4-5-7-19(17)26-13-20(25)24-10-11-27-14-15-8-9-16(22)12-18(15)23/h4-9,12H,10-11,13-14H2,1-3H3,(H,24,25). The van der Waals surface area contributed by atoms with Gasteiger partial charge in [-0.15, -0.1) is 0 Å². The smallest absolute Gasteiger partial charge is 0.257 e.